The third kappa shape index (κ3) is 5.09. The zero-order valence-corrected chi connectivity index (χ0v) is 17.8. The summed E-state index contributed by atoms with van der Waals surface area (Å²) >= 11 is 6.23. The fraction of sp³-hybridized carbons (Fsp3) is 0.150. The number of carbonyl (C=O) groups excluding carboxylic acids is 1. The number of halogens is 7. The van der Waals surface area contributed by atoms with E-state index in [0.29, 0.717) is 12.1 Å². The van der Waals surface area contributed by atoms with Gasteiger partial charge in [0.25, 0.3) is 5.91 Å². The fourth-order valence-corrected chi connectivity index (χ4v) is 4.27. The van der Waals surface area contributed by atoms with Crippen LogP contribution >= 0.6 is 22.9 Å². The minimum atomic E-state index is -5.13. The lowest BCUT2D eigenvalue weighted by Gasteiger charge is -2.16. The second-order valence-electron chi connectivity index (χ2n) is 6.81. The van der Waals surface area contributed by atoms with E-state index in [9.17, 15) is 45.8 Å². The number of fused-ring (bicyclic) bond motifs is 1. The Morgan fingerprint density at radius 1 is 0.971 bits per heavy atom. The molecule has 0 bridgehead atoms. The summed E-state index contributed by atoms with van der Waals surface area (Å²) < 4.78 is 78.3. The standard InChI is InChI=1S/C20H10ClF6NO5S/c21-10-4-11(7-1-8(19(22,23)24)3-9(2-7)20(25,26)27)16-12(5-10)15(31)14(18(33)34-16)17(32)28-6-13(29)30/h1-5,31H,6H2,(H,28,32)(H,29,30). The molecule has 0 unspecified atom stereocenters. The van der Waals surface area contributed by atoms with Gasteiger partial charge in [-0.05, 0) is 35.9 Å². The van der Waals surface area contributed by atoms with E-state index in [1.807, 2.05) is 5.32 Å². The molecule has 2 aromatic carbocycles. The van der Waals surface area contributed by atoms with Crippen LogP contribution in [0.15, 0.2) is 35.1 Å². The van der Waals surface area contributed by atoms with Crippen LogP contribution in [0.5, 0.6) is 5.75 Å². The van der Waals surface area contributed by atoms with E-state index in [2.05, 4.69) is 0 Å². The summed E-state index contributed by atoms with van der Waals surface area (Å²) in [5.41, 5.74) is -4.98. The van der Waals surface area contributed by atoms with Gasteiger partial charge in [0.2, 0.25) is 4.74 Å². The quantitative estimate of drug-likeness (QED) is 0.409. The average Bonchev–Trinajstić information content (AvgIpc) is 2.71. The number of carbonyl (C=O) groups is 2. The molecule has 0 radical (unpaired) electrons. The Labute approximate surface area is 194 Å². The third-order valence-corrected chi connectivity index (χ3v) is 5.72. The number of hydrogen-bond donors (Lipinski definition) is 3. The van der Waals surface area contributed by atoms with Gasteiger partial charge < -0.3 is 15.5 Å². The first kappa shape index (κ1) is 25.3. The van der Waals surface area contributed by atoms with Gasteiger partial charge in [-0.1, -0.05) is 22.9 Å². The van der Waals surface area contributed by atoms with Gasteiger partial charge in [-0.3, -0.25) is 14.4 Å². The predicted octanol–water partition coefficient (Wildman–Crippen LogP) is 5.14. The maximum absolute atomic E-state index is 13.3. The largest absolute Gasteiger partial charge is 0.506 e. The van der Waals surface area contributed by atoms with Crippen LogP contribution in [0.25, 0.3) is 21.2 Å². The molecule has 0 saturated carbocycles. The first-order valence-corrected chi connectivity index (χ1v) is 10.1. The van der Waals surface area contributed by atoms with Gasteiger partial charge in [-0.2, -0.15) is 26.3 Å². The van der Waals surface area contributed by atoms with E-state index in [1.165, 1.54) is 0 Å². The Morgan fingerprint density at radius 3 is 2.03 bits per heavy atom. The molecule has 3 N–H and O–H groups in total. The number of alkyl halides is 6. The van der Waals surface area contributed by atoms with Crippen LogP contribution in [0.3, 0.4) is 0 Å². The van der Waals surface area contributed by atoms with Crippen LogP contribution in [-0.2, 0) is 17.1 Å². The highest BCUT2D eigenvalue weighted by Crippen LogP contribution is 2.43. The summed E-state index contributed by atoms with van der Waals surface area (Å²) in [6, 6.07) is 2.86. The summed E-state index contributed by atoms with van der Waals surface area (Å²) in [5, 5.41) is 20.5. The summed E-state index contributed by atoms with van der Waals surface area (Å²) in [7, 11) is 0. The molecule has 34 heavy (non-hydrogen) atoms. The lowest BCUT2D eigenvalue weighted by molar-refractivity contribution is -0.143. The highest BCUT2D eigenvalue weighted by Gasteiger charge is 2.37. The second-order valence-corrected chi connectivity index (χ2v) is 8.23. The van der Waals surface area contributed by atoms with E-state index < -0.39 is 63.5 Å². The number of benzene rings is 2. The molecule has 1 amide bonds. The van der Waals surface area contributed by atoms with Crippen LogP contribution in [0.1, 0.15) is 21.5 Å². The van der Waals surface area contributed by atoms with E-state index >= 15 is 0 Å². The molecule has 180 valence electrons. The van der Waals surface area contributed by atoms with Crippen molar-refractivity contribution in [1.29, 1.82) is 0 Å². The Bertz CT molecular complexity index is 1350. The van der Waals surface area contributed by atoms with Gasteiger partial charge in [0.05, 0.1) is 11.1 Å². The van der Waals surface area contributed by atoms with Crippen molar-refractivity contribution in [3.05, 3.63) is 61.6 Å². The Balaban J connectivity index is 2.33. The van der Waals surface area contributed by atoms with Crippen molar-refractivity contribution in [2.45, 2.75) is 12.4 Å². The van der Waals surface area contributed by atoms with Crippen LogP contribution in [0, 0.1) is 0 Å². The minimum Gasteiger partial charge on any atom is -0.506 e. The Hall–Kier alpha value is -3.32. The van der Waals surface area contributed by atoms with Gasteiger partial charge in [0.15, 0.2) is 0 Å². The number of aromatic hydroxyl groups is 1. The first-order valence-electron chi connectivity index (χ1n) is 8.88. The van der Waals surface area contributed by atoms with Crippen LogP contribution in [-0.4, -0.2) is 28.6 Å². The van der Waals surface area contributed by atoms with Gasteiger partial charge >= 0.3 is 18.3 Å². The third-order valence-electron chi connectivity index (χ3n) is 4.47. The summed E-state index contributed by atoms with van der Waals surface area (Å²) in [5.74, 6) is -3.66. The molecular weight excluding hydrogens is 516 g/mol. The normalized spacial score (nSPS) is 12.1. The van der Waals surface area contributed by atoms with Crippen molar-refractivity contribution < 1.29 is 46.1 Å². The highest BCUT2D eigenvalue weighted by atomic mass is 35.5. The molecule has 0 aliphatic heterocycles. The number of hydrogen-bond acceptors (Lipinski definition) is 5. The van der Waals surface area contributed by atoms with Gasteiger partial charge in [-0.15, -0.1) is 0 Å². The zero-order chi connectivity index (χ0) is 25.6. The molecule has 3 rings (SSSR count). The number of carboxylic acid groups (broad SMARTS) is 1. The highest BCUT2D eigenvalue weighted by molar-refractivity contribution is 7.17. The lowest BCUT2D eigenvalue weighted by Crippen LogP contribution is -2.32. The zero-order valence-electron chi connectivity index (χ0n) is 16.3. The molecule has 1 aromatic heterocycles. The van der Waals surface area contributed by atoms with E-state index in [1.54, 1.807) is 0 Å². The molecule has 0 spiro atoms. The fourth-order valence-electron chi connectivity index (χ4n) is 3.02. The van der Waals surface area contributed by atoms with Crippen molar-refractivity contribution >= 4 is 44.9 Å². The minimum absolute atomic E-state index is 0.0684. The van der Waals surface area contributed by atoms with E-state index in [-0.39, 0.29) is 38.1 Å². The molecular formula is C20H10ClF6NO5S. The summed E-state index contributed by atoms with van der Waals surface area (Å²) in [6.45, 7) is -0.883. The number of carboxylic acids is 1. The second kappa shape index (κ2) is 8.80. The van der Waals surface area contributed by atoms with E-state index in [4.69, 9.17) is 16.7 Å². The molecule has 0 aliphatic rings. The van der Waals surface area contributed by atoms with Crippen molar-refractivity contribution in [2.75, 3.05) is 6.54 Å². The Kier molecular flexibility index (Phi) is 6.55. The summed E-state index contributed by atoms with van der Waals surface area (Å²) in [4.78, 5) is 35.3. The molecule has 0 saturated heterocycles. The predicted molar refractivity (Wildman–Crippen MR) is 110 cm³/mol. The SMILES string of the molecule is O=C(O)CNC(=O)c1c(O)c2cc(Cl)cc(-c3cc(C(F)(F)F)cc(C(F)(F)F)c3)c2sc1=O. The van der Waals surface area contributed by atoms with Crippen LogP contribution < -0.4 is 10.1 Å². The Morgan fingerprint density at radius 2 is 1.53 bits per heavy atom. The number of amides is 1. The summed E-state index contributed by atoms with van der Waals surface area (Å²) in [6.07, 6.45) is -10.3. The first-order chi connectivity index (χ1) is 15.6. The van der Waals surface area contributed by atoms with Gasteiger partial charge in [-0.25, -0.2) is 0 Å². The molecule has 1 heterocycles. The number of nitrogens with one attached hydrogen (secondary N) is 1. The molecule has 0 aliphatic carbocycles. The molecule has 0 atom stereocenters. The number of rotatable bonds is 4. The van der Waals surface area contributed by atoms with Crippen molar-refractivity contribution in [1.82, 2.24) is 5.32 Å². The monoisotopic (exact) mass is 525 g/mol. The molecule has 3 aromatic rings. The van der Waals surface area contributed by atoms with E-state index in [0.717, 1.165) is 12.1 Å². The van der Waals surface area contributed by atoms with Gasteiger partial charge in [0, 0.05) is 20.7 Å². The topological polar surface area (TPSA) is 104 Å². The number of aliphatic carboxylic acids is 1. The maximum Gasteiger partial charge on any atom is 0.416 e. The molecule has 14 heteroatoms. The lowest BCUT2D eigenvalue weighted by atomic mass is 9.97. The molecule has 0 fully saturated rings. The molecule has 6 nitrogen and oxygen atoms in total. The van der Waals surface area contributed by atoms with Crippen molar-refractivity contribution in [3.8, 4) is 16.9 Å². The van der Waals surface area contributed by atoms with Crippen LogP contribution in [0.4, 0.5) is 26.3 Å². The van der Waals surface area contributed by atoms with Gasteiger partial charge in [0.1, 0.15) is 17.9 Å². The maximum atomic E-state index is 13.3. The smallest absolute Gasteiger partial charge is 0.416 e. The van der Waals surface area contributed by atoms with Crippen molar-refractivity contribution in [2.24, 2.45) is 0 Å². The van der Waals surface area contributed by atoms with Crippen molar-refractivity contribution in [3.63, 3.8) is 0 Å². The average molecular weight is 526 g/mol. The van der Waals surface area contributed by atoms with Crippen LogP contribution in [0.2, 0.25) is 5.02 Å².